The van der Waals surface area contributed by atoms with E-state index in [1.54, 1.807) is 24.5 Å². The summed E-state index contributed by atoms with van der Waals surface area (Å²) in [5.74, 6) is -1.53. The van der Waals surface area contributed by atoms with E-state index in [0.717, 1.165) is 10.5 Å². The summed E-state index contributed by atoms with van der Waals surface area (Å²) in [6.45, 7) is -0.137. The van der Waals surface area contributed by atoms with E-state index in [1.165, 1.54) is 0 Å². The molecule has 1 unspecified atom stereocenters. The quantitative estimate of drug-likeness (QED) is 0.668. The van der Waals surface area contributed by atoms with Crippen molar-refractivity contribution in [3.8, 4) is 0 Å². The van der Waals surface area contributed by atoms with Crippen molar-refractivity contribution in [2.75, 3.05) is 13.1 Å². The number of carboxylic acids is 1. The van der Waals surface area contributed by atoms with Crippen LogP contribution in [0.4, 0.5) is 4.79 Å². The minimum absolute atomic E-state index is 0.0888. The van der Waals surface area contributed by atoms with Crippen molar-refractivity contribution in [1.29, 1.82) is 0 Å². The first-order valence-electron chi connectivity index (χ1n) is 6.01. The summed E-state index contributed by atoms with van der Waals surface area (Å²) in [6, 6.07) is 1.87. The van der Waals surface area contributed by atoms with Gasteiger partial charge in [-0.25, -0.2) is 9.59 Å². The highest BCUT2D eigenvalue weighted by Gasteiger charge is 2.35. The summed E-state index contributed by atoms with van der Waals surface area (Å²) in [7, 11) is 0. The molecule has 3 N–H and O–H groups in total. The molecule has 1 aliphatic rings. The number of hydrogen-bond acceptors (Lipinski definition) is 4. The highest BCUT2D eigenvalue weighted by atomic mass is 16.4. The van der Waals surface area contributed by atoms with Gasteiger partial charge in [-0.05, 0) is 11.6 Å². The van der Waals surface area contributed by atoms with Gasteiger partial charge in [0.1, 0.15) is 12.6 Å². The first-order valence-corrected chi connectivity index (χ1v) is 6.01. The Morgan fingerprint density at radius 3 is 3.00 bits per heavy atom. The van der Waals surface area contributed by atoms with Crippen molar-refractivity contribution in [3.63, 3.8) is 0 Å². The molecule has 1 atom stereocenters. The Morgan fingerprint density at radius 2 is 2.35 bits per heavy atom. The zero-order valence-electron chi connectivity index (χ0n) is 10.6. The number of aromatic nitrogens is 1. The Balaban J connectivity index is 1.98. The molecule has 0 spiro atoms. The first-order chi connectivity index (χ1) is 9.58. The van der Waals surface area contributed by atoms with Crippen LogP contribution in [0.3, 0.4) is 0 Å². The average molecular weight is 278 g/mol. The van der Waals surface area contributed by atoms with Crippen molar-refractivity contribution in [2.45, 2.75) is 12.6 Å². The van der Waals surface area contributed by atoms with Crippen LogP contribution in [0.5, 0.6) is 0 Å². The van der Waals surface area contributed by atoms with E-state index in [0.29, 0.717) is 0 Å². The van der Waals surface area contributed by atoms with Crippen molar-refractivity contribution in [1.82, 2.24) is 20.5 Å². The number of pyridine rings is 1. The SMILES string of the molecule is O=C1CN(C(=O)NCc2cccnc2)C(C(=O)O)CN1. The van der Waals surface area contributed by atoms with Gasteiger partial charge in [0, 0.05) is 25.5 Å². The highest BCUT2D eigenvalue weighted by molar-refractivity contribution is 5.90. The Hall–Kier alpha value is -2.64. The molecular formula is C12H14N4O4. The summed E-state index contributed by atoms with van der Waals surface area (Å²) in [6.07, 6.45) is 3.21. The molecule has 1 saturated heterocycles. The molecule has 20 heavy (non-hydrogen) atoms. The fourth-order valence-electron chi connectivity index (χ4n) is 1.86. The van der Waals surface area contributed by atoms with Crippen molar-refractivity contribution < 1.29 is 19.5 Å². The normalized spacial score (nSPS) is 18.3. The third-order valence-electron chi connectivity index (χ3n) is 2.90. The molecule has 1 aromatic rings. The maximum Gasteiger partial charge on any atom is 0.328 e. The maximum atomic E-state index is 12.0. The van der Waals surface area contributed by atoms with E-state index in [1.807, 2.05) is 0 Å². The number of carbonyl (C=O) groups is 3. The fourth-order valence-corrected chi connectivity index (χ4v) is 1.86. The lowest BCUT2D eigenvalue weighted by Crippen LogP contribution is -2.61. The number of rotatable bonds is 3. The molecule has 2 heterocycles. The predicted octanol–water partition coefficient (Wildman–Crippen LogP) is -0.824. The smallest absolute Gasteiger partial charge is 0.328 e. The first kappa shape index (κ1) is 13.8. The molecule has 0 aliphatic carbocycles. The predicted molar refractivity (Wildman–Crippen MR) is 67.6 cm³/mol. The van der Waals surface area contributed by atoms with Gasteiger partial charge in [0.2, 0.25) is 5.91 Å². The molecule has 0 bridgehead atoms. The number of aliphatic carboxylic acids is 1. The second-order valence-electron chi connectivity index (χ2n) is 4.31. The van der Waals surface area contributed by atoms with E-state index in [2.05, 4.69) is 15.6 Å². The molecule has 8 nitrogen and oxygen atoms in total. The number of nitrogens with one attached hydrogen (secondary N) is 2. The Labute approximate surface area is 114 Å². The maximum absolute atomic E-state index is 12.0. The second kappa shape index (κ2) is 6.00. The fraction of sp³-hybridized carbons (Fsp3) is 0.333. The number of carboxylic acid groups (broad SMARTS) is 1. The monoisotopic (exact) mass is 278 g/mol. The third kappa shape index (κ3) is 3.22. The second-order valence-corrected chi connectivity index (χ2v) is 4.31. The van der Waals surface area contributed by atoms with Gasteiger partial charge in [0.15, 0.2) is 0 Å². The van der Waals surface area contributed by atoms with Crippen LogP contribution in [0.25, 0.3) is 0 Å². The summed E-state index contributed by atoms with van der Waals surface area (Å²) in [5, 5.41) is 14.0. The van der Waals surface area contributed by atoms with Gasteiger partial charge in [-0.15, -0.1) is 0 Å². The highest BCUT2D eigenvalue weighted by Crippen LogP contribution is 2.05. The van der Waals surface area contributed by atoms with Crippen LogP contribution >= 0.6 is 0 Å². The molecule has 0 aromatic carbocycles. The lowest BCUT2D eigenvalue weighted by molar-refractivity contribution is -0.144. The molecule has 3 amide bonds. The van der Waals surface area contributed by atoms with Gasteiger partial charge in [-0.2, -0.15) is 0 Å². The van der Waals surface area contributed by atoms with Crippen LogP contribution < -0.4 is 10.6 Å². The van der Waals surface area contributed by atoms with Crippen molar-refractivity contribution in [2.24, 2.45) is 0 Å². The van der Waals surface area contributed by atoms with Gasteiger partial charge in [-0.1, -0.05) is 6.07 Å². The Morgan fingerprint density at radius 1 is 1.55 bits per heavy atom. The third-order valence-corrected chi connectivity index (χ3v) is 2.90. The van der Waals surface area contributed by atoms with Gasteiger partial charge in [-0.3, -0.25) is 14.7 Å². The van der Waals surface area contributed by atoms with Crippen LogP contribution in [0.2, 0.25) is 0 Å². The van der Waals surface area contributed by atoms with Crippen LogP contribution in [0.1, 0.15) is 5.56 Å². The van der Waals surface area contributed by atoms with Crippen LogP contribution in [-0.2, 0) is 16.1 Å². The zero-order chi connectivity index (χ0) is 14.5. The lowest BCUT2D eigenvalue weighted by Gasteiger charge is -2.32. The molecule has 0 radical (unpaired) electrons. The van der Waals surface area contributed by atoms with E-state index >= 15 is 0 Å². The van der Waals surface area contributed by atoms with Crippen molar-refractivity contribution in [3.05, 3.63) is 30.1 Å². The van der Waals surface area contributed by atoms with E-state index in [4.69, 9.17) is 5.11 Å². The number of nitrogens with zero attached hydrogens (tertiary/aromatic N) is 2. The molecule has 106 valence electrons. The Kier molecular flexibility index (Phi) is 4.14. The van der Waals surface area contributed by atoms with E-state index < -0.39 is 18.0 Å². The van der Waals surface area contributed by atoms with Crippen LogP contribution in [-0.4, -0.2) is 52.0 Å². The van der Waals surface area contributed by atoms with Gasteiger partial charge < -0.3 is 15.7 Å². The Bertz CT molecular complexity index is 519. The number of hydrogen-bond donors (Lipinski definition) is 3. The zero-order valence-corrected chi connectivity index (χ0v) is 10.6. The number of urea groups is 1. The largest absolute Gasteiger partial charge is 0.480 e. The van der Waals surface area contributed by atoms with E-state index in [-0.39, 0.29) is 25.5 Å². The summed E-state index contributed by atoms with van der Waals surface area (Å²) < 4.78 is 0. The molecular weight excluding hydrogens is 264 g/mol. The van der Waals surface area contributed by atoms with Gasteiger partial charge in [0.05, 0.1) is 0 Å². The average Bonchev–Trinajstić information content (AvgIpc) is 2.45. The van der Waals surface area contributed by atoms with Gasteiger partial charge in [0.25, 0.3) is 0 Å². The molecule has 1 fully saturated rings. The molecule has 2 rings (SSSR count). The van der Waals surface area contributed by atoms with Crippen LogP contribution in [0.15, 0.2) is 24.5 Å². The van der Waals surface area contributed by atoms with Crippen molar-refractivity contribution >= 4 is 17.9 Å². The molecule has 8 heteroatoms. The lowest BCUT2D eigenvalue weighted by atomic mass is 10.2. The number of carbonyl (C=O) groups excluding carboxylic acids is 2. The topological polar surface area (TPSA) is 112 Å². The van der Waals surface area contributed by atoms with Crippen LogP contribution in [0, 0.1) is 0 Å². The molecule has 1 aromatic heterocycles. The molecule has 0 saturated carbocycles. The minimum Gasteiger partial charge on any atom is -0.480 e. The van der Waals surface area contributed by atoms with E-state index in [9.17, 15) is 14.4 Å². The minimum atomic E-state index is -1.15. The summed E-state index contributed by atoms with van der Waals surface area (Å²) in [5.41, 5.74) is 0.786. The summed E-state index contributed by atoms with van der Waals surface area (Å²) >= 11 is 0. The molecule has 1 aliphatic heterocycles. The summed E-state index contributed by atoms with van der Waals surface area (Å²) in [4.78, 5) is 39.3. The standard InChI is InChI=1S/C12H14N4O4/c17-10-7-16(9(6-14-10)11(18)19)12(20)15-5-8-2-1-3-13-4-8/h1-4,9H,5-7H2,(H,14,17)(H,15,20)(H,18,19). The number of amides is 3. The number of piperazine rings is 1. The van der Waals surface area contributed by atoms with Gasteiger partial charge >= 0.3 is 12.0 Å².